The van der Waals surface area contributed by atoms with Gasteiger partial charge in [-0.2, -0.15) is 0 Å². The smallest absolute Gasteiger partial charge is 0.289 e. The van der Waals surface area contributed by atoms with Crippen LogP contribution in [0.1, 0.15) is 46.0 Å². The van der Waals surface area contributed by atoms with Crippen LogP contribution in [0.3, 0.4) is 0 Å². The van der Waals surface area contributed by atoms with Crippen molar-refractivity contribution >= 4 is 41.1 Å². The van der Waals surface area contributed by atoms with E-state index in [9.17, 15) is 14.4 Å². The van der Waals surface area contributed by atoms with E-state index in [-0.39, 0.29) is 28.0 Å². The number of hydrogen-bond donors (Lipinski definition) is 3. The zero-order valence-electron chi connectivity index (χ0n) is 15.5. The third-order valence-electron chi connectivity index (χ3n) is 5.40. The van der Waals surface area contributed by atoms with Crippen LogP contribution in [0.15, 0.2) is 0 Å². The Morgan fingerprint density at radius 3 is 2.54 bits per heavy atom. The van der Waals surface area contributed by atoms with Crippen molar-refractivity contribution in [2.45, 2.75) is 68.2 Å². The van der Waals surface area contributed by atoms with Crippen molar-refractivity contribution in [3.05, 3.63) is 0 Å². The minimum Gasteiger partial charge on any atom is -0.347 e. The first-order valence-electron chi connectivity index (χ1n) is 9.60. The van der Waals surface area contributed by atoms with Gasteiger partial charge in [-0.25, -0.2) is 0 Å². The van der Waals surface area contributed by atoms with Gasteiger partial charge < -0.3 is 16.0 Å². The Kier molecular flexibility index (Phi) is 6.56. The predicted octanol–water partition coefficient (Wildman–Crippen LogP) is 1.29. The van der Waals surface area contributed by atoms with Crippen molar-refractivity contribution in [2.75, 3.05) is 18.1 Å². The molecular weight excluding hydrogens is 370 g/mol. The van der Waals surface area contributed by atoms with E-state index in [2.05, 4.69) is 16.0 Å². The van der Waals surface area contributed by atoms with Gasteiger partial charge in [0.2, 0.25) is 11.7 Å². The molecule has 2 heterocycles. The summed E-state index contributed by atoms with van der Waals surface area (Å²) in [5.41, 5.74) is 0. The van der Waals surface area contributed by atoms with Crippen molar-refractivity contribution in [3.63, 3.8) is 0 Å². The number of amides is 2. The van der Waals surface area contributed by atoms with Crippen LogP contribution in [0.4, 0.5) is 0 Å². The van der Waals surface area contributed by atoms with Gasteiger partial charge in [-0.1, -0.05) is 20.3 Å². The standard InChI is InChI=1S/C18H29N3O3S2/c1-3-11(2)14(15(22)17(24)20-12-5-6-12)21-16(23)13-9-18(10-19-13)25-7-4-8-26-18/h11-14,19H,3-10H2,1-2H3,(H,20,24)(H,21,23)/t11?,13-,14+/m0/s1. The first kappa shape index (κ1) is 20.0. The first-order valence-corrected chi connectivity index (χ1v) is 11.6. The number of Topliss-reactive ketones (excluding diaryl/α,β-unsaturated/α-hetero) is 1. The van der Waals surface area contributed by atoms with Crippen LogP contribution in [0.25, 0.3) is 0 Å². The van der Waals surface area contributed by atoms with Gasteiger partial charge >= 0.3 is 0 Å². The van der Waals surface area contributed by atoms with E-state index in [1.165, 1.54) is 6.42 Å². The number of carbonyl (C=O) groups is 3. The average molecular weight is 400 g/mol. The number of carbonyl (C=O) groups excluding carboxylic acids is 3. The molecule has 1 spiro atoms. The largest absolute Gasteiger partial charge is 0.347 e. The summed E-state index contributed by atoms with van der Waals surface area (Å²) in [5, 5.41) is 8.94. The summed E-state index contributed by atoms with van der Waals surface area (Å²) in [6.07, 6.45) is 4.57. The molecule has 6 nitrogen and oxygen atoms in total. The fraction of sp³-hybridized carbons (Fsp3) is 0.833. The van der Waals surface area contributed by atoms with Crippen molar-refractivity contribution in [3.8, 4) is 0 Å². The summed E-state index contributed by atoms with van der Waals surface area (Å²) in [4.78, 5) is 37.6. The van der Waals surface area contributed by atoms with E-state index >= 15 is 0 Å². The molecule has 0 aromatic rings. The minimum absolute atomic E-state index is 0.0785. The maximum Gasteiger partial charge on any atom is 0.289 e. The van der Waals surface area contributed by atoms with Gasteiger partial charge in [0.05, 0.1) is 16.2 Å². The lowest BCUT2D eigenvalue weighted by Gasteiger charge is -2.31. The van der Waals surface area contributed by atoms with Gasteiger partial charge in [-0.3, -0.25) is 14.4 Å². The van der Waals surface area contributed by atoms with Crippen LogP contribution in [0.2, 0.25) is 0 Å². The lowest BCUT2D eigenvalue weighted by molar-refractivity contribution is -0.141. The van der Waals surface area contributed by atoms with Crippen LogP contribution in [0, 0.1) is 5.92 Å². The lowest BCUT2D eigenvalue weighted by Crippen LogP contribution is -2.54. The van der Waals surface area contributed by atoms with Crippen molar-refractivity contribution < 1.29 is 14.4 Å². The third-order valence-corrected chi connectivity index (χ3v) is 8.76. The molecule has 1 unspecified atom stereocenters. The average Bonchev–Trinajstić information content (AvgIpc) is 3.37. The predicted molar refractivity (Wildman–Crippen MR) is 106 cm³/mol. The third kappa shape index (κ3) is 4.75. The van der Waals surface area contributed by atoms with Gasteiger partial charge in [0.25, 0.3) is 5.91 Å². The fourth-order valence-electron chi connectivity index (χ4n) is 3.34. The Morgan fingerprint density at radius 2 is 1.92 bits per heavy atom. The van der Waals surface area contributed by atoms with Crippen molar-refractivity contribution in [1.82, 2.24) is 16.0 Å². The molecule has 26 heavy (non-hydrogen) atoms. The minimum atomic E-state index is -0.753. The van der Waals surface area contributed by atoms with E-state index in [0.29, 0.717) is 0 Å². The molecule has 3 N–H and O–H groups in total. The number of ketones is 1. The molecule has 8 heteroatoms. The number of thioether (sulfide) groups is 2. The van der Waals surface area contributed by atoms with Gasteiger partial charge in [0.1, 0.15) is 0 Å². The molecule has 0 aromatic carbocycles. The zero-order chi connectivity index (χ0) is 18.7. The first-order chi connectivity index (χ1) is 12.4. The molecule has 2 amide bonds. The summed E-state index contributed by atoms with van der Waals surface area (Å²) in [7, 11) is 0. The number of nitrogens with one attached hydrogen (secondary N) is 3. The van der Waals surface area contributed by atoms with Crippen LogP contribution >= 0.6 is 23.5 Å². The molecule has 0 aromatic heterocycles. The highest BCUT2D eigenvalue weighted by Crippen LogP contribution is 2.47. The molecule has 2 aliphatic heterocycles. The Balaban J connectivity index is 1.59. The fourth-order valence-corrected chi connectivity index (χ4v) is 6.61. The summed E-state index contributed by atoms with van der Waals surface area (Å²) in [6, 6.07) is -0.911. The molecule has 3 atom stereocenters. The Labute approximate surface area is 163 Å². The van der Waals surface area contributed by atoms with E-state index in [1.807, 2.05) is 37.4 Å². The maximum absolute atomic E-state index is 12.8. The highest BCUT2D eigenvalue weighted by atomic mass is 32.2. The van der Waals surface area contributed by atoms with Crippen LogP contribution < -0.4 is 16.0 Å². The van der Waals surface area contributed by atoms with Gasteiger partial charge in [-0.05, 0) is 43.1 Å². The molecule has 1 saturated carbocycles. The molecular formula is C18H29N3O3S2. The number of rotatable bonds is 7. The Morgan fingerprint density at radius 1 is 1.23 bits per heavy atom. The Bertz CT molecular complexity index is 562. The van der Waals surface area contributed by atoms with Crippen LogP contribution in [-0.4, -0.2) is 57.9 Å². The molecule has 146 valence electrons. The molecule has 0 bridgehead atoms. The van der Waals surface area contributed by atoms with E-state index in [1.54, 1.807) is 0 Å². The molecule has 3 rings (SSSR count). The highest BCUT2D eigenvalue weighted by Gasteiger charge is 2.44. The molecule has 2 saturated heterocycles. The van der Waals surface area contributed by atoms with E-state index in [0.717, 1.165) is 43.7 Å². The highest BCUT2D eigenvalue weighted by molar-refractivity contribution is 8.18. The van der Waals surface area contributed by atoms with Crippen LogP contribution in [0.5, 0.6) is 0 Å². The van der Waals surface area contributed by atoms with Gasteiger partial charge in [-0.15, -0.1) is 23.5 Å². The Hall–Kier alpha value is -0.730. The summed E-state index contributed by atoms with van der Waals surface area (Å²) >= 11 is 3.88. The monoisotopic (exact) mass is 399 g/mol. The van der Waals surface area contributed by atoms with Gasteiger partial charge in [0, 0.05) is 12.6 Å². The SMILES string of the molecule is CCC(C)[C@@H](NC(=O)[C@@H]1CC2(CN1)SCCCS2)C(=O)C(=O)NC1CC1. The molecule has 3 fully saturated rings. The maximum atomic E-state index is 12.8. The normalized spacial score (nSPS) is 26.9. The quantitative estimate of drug-likeness (QED) is 0.559. The van der Waals surface area contributed by atoms with Crippen molar-refractivity contribution in [1.29, 1.82) is 0 Å². The molecule has 0 radical (unpaired) electrons. The lowest BCUT2D eigenvalue weighted by atomic mass is 9.94. The number of hydrogen-bond acceptors (Lipinski definition) is 6. The summed E-state index contributed by atoms with van der Waals surface area (Å²) in [5.74, 6) is 0.953. The van der Waals surface area contributed by atoms with E-state index in [4.69, 9.17) is 0 Å². The molecule has 1 aliphatic carbocycles. The topological polar surface area (TPSA) is 87.3 Å². The summed E-state index contributed by atoms with van der Waals surface area (Å²) in [6.45, 7) is 4.68. The second kappa shape index (κ2) is 8.52. The summed E-state index contributed by atoms with van der Waals surface area (Å²) < 4.78 is 0.0828. The molecule has 3 aliphatic rings. The van der Waals surface area contributed by atoms with Gasteiger partial charge in [0.15, 0.2) is 0 Å². The van der Waals surface area contributed by atoms with Crippen LogP contribution in [-0.2, 0) is 14.4 Å². The van der Waals surface area contributed by atoms with Crippen molar-refractivity contribution in [2.24, 2.45) is 5.92 Å². The van der Waals surface area contributed by atoms with E-state index < -0.39 is 17.7 Å². The second-order valence-electron chi connectivity index (χ2n) is 7.58. The second-order valence-corrected chi connectivity index (χ2v) is 10.8. The zero-order valence-corrected chi connectivity index (χ0v) is 17.1.